The summed E-state index contributed by atoms with van der Waals surface area (Å²) in [6.07, 6.45) is 0. The molecule has 2 rings (SSSR count). The van der Waals surface area contributed by atoms with E-state index in [1.807, 2.05) is 0 Å². The second-order valence-corrected chi connectivity index (χ2v) is 5.30. The van der Waals surface area contributed by atoms with Gasteiger partial charge in [-0.2, -0.15) is 0 Å². The lowest BCUT2D eigenvalue weighted by molar-refractivity contribution is -0.0846. The van der Waals surface area contributed by atoms with Crippen molar-refractivity contribution in [2.45, 2.75) is 26.4 Å². The zero-order valence-electron chi connectivity index (χ0n) is 9.47. The number of fused-ring (bicyclic) bond motifs is 2. The van der Waals surface area contributed by atoms with Gasteiger partial charge in [0.2, 0.25) is 11.5 Å². The van der Waals surface area contributed by atoms with Crippen LogP contribution in [0.15, 0.2) is 6.07 Å². The molecule has 0 aromatic heterocycles. The van der Waals surface area contributed by atoms with E-state index < -0.39 is 11.6 Å². The summed E-state index contributed by atoms with van der Waals surface area (Å²) in [7, 11) is 0. The minimum atomic E-state index is -0.601. The van der Waals surface area contributed by atoms with Crippen molar-refractivity contribution in [2.75, 3.05) is 0 Å². The minimum Gasteiger partial charge on any atom is -0.456 e. The van der Waals surface area contributed by atoms with E-state index in [2.05, 4.69) is 0 Å². The maximum atomic E-state index is 11.9. The molecule has 1 aliphatic rings. The van der Waals surface area contributed by atoms with Crippen LogP contribution in [-0.2, 0) is 4.74 Å². The van der Waals surface area contributed by atoms with Crippen molar-refractivity contribution in [3.05, 3.63) is 21.7 Å². The summed E-state index contributed by atoms with van der Waals surface area (Å²) in [4.78, 5) is 21.4. The molecular weight excluding hydrogens is 267 g/mol. The normalized spacial score (nSPS) is 13.0. The number of carbonyl (C=O) groups is 1. The molecule has 6 heteroatoms. The van der Waals surface area contributed by atoms with E-state index in [9.17, 15) is 4.79 Å². The Morgan fingerprint density at radius 1 is 1.24 bits per heavy atom. The zero-order chi connectivity index (χ0) is 12.8. The first-order valence-corrected chi connectivity index (χ1v) is 5.65. The van der Waals surface area contributed by atoms with E-state index in [0.29, 0.717) is 0 Å². The lowest BCUT2D eigenvalue weighted by Crippen LogP contribution is -2.24. The summed E-state index contributed by atoms with van der Waals surface area (Å²) in [5.74, 6) is -0.144. The van der Waals surface area contributed by atoms with Gasteiger partial charge < -0.3 is 4.74 Å². The largest absolute Gasteiger partial charge is 0.456 e. The van der Waals surface area contributed by atoms with Crippen LogP contribution in [0.1, 0.15) is 31.1 Å². The summed E-state index contributed by atoms with van der Waals surface area (Å²) in [6, 6.07) is 1.40. The summed E-state index contributed by atoms with van der Waals surface area (Å²) >= 11 is 11.8. The monoisotopic (exact) mass is 276 g/mol. The Morgan fingerprint density at radius 3 is 2.47 bits per heavy atom. The highest BCUT2D eigenvalue weighted by molar-refractivity contribution is 6.40. The van der Waals surface area contributed by atoms with E-state index in [1.165, 1.54) is 6.07 Å². The Bertz CT molecular complexity index is 491. The summed E-state index contributed by atoms with van der Waals surface area (Å²) in [6.45, 7) is 5.30. The van der Waals surface area contributed by atoms with E-state index in [1.54, 1.807) is 20.8 Å². The molecule has 0 aliphatic carbocycles. The predicted molar refractivity (Wildman–Crippen MR) is 62.9 cm³/mol. The van der Waals surface area contributed by atoms with Gasteiger partial charge in [0.25, 0.3) is 0 Å². The summed E-state index contributed by atoms with van der Waals surface area (Å²) in [5, 5.41) is 0.341. The molecule has 1 aromatic rings. The zero-order valence-corrected chi connectivity index (χ0v) is 11.0. The first-order valence-electron chi connectivity index (χ1n) is 4.89. The number of carbonyl (C=O) groups excluding carboxylic acids is 1. The molecule has 2 bridgehead atoms. The van der Waals surface area contributed by atoms with Crippen molar-refractivity contribution >= 4 is 29.2 Å². The summed E-state index contributed by atoms with van der Waals surface area (Å²) < 4.78 is 5.20. The molecule has 0 radical (unpaired) electrons. The number of ether oxygens (including phenoxy) is 1. The Hall–Kier alpha value is -1.13. The third-order valence-electron chi connectivity index (χ3n) is 1.96. The molecule has 17 heavy (non-hydrogen) atoms. The SMILES string of the molecule is CC(C)(C)OC(=O)c1cc2c(Cl)c(c1Cl)OO2. The molecule has 1 heterocycles. The molecule has 0 N–H and O–H groups in total. The number of benzene rings is 1. The van der Waals surface area contributed by atoms with E-state index in [0.717, 1.165) is 0 Å². The molecular formula is C11H10Cl2O4. The number of hydrogen-bond acceptors (Lipinski definition) is 4. The Balaban J connectivity index is 2.38. The topological polar surface area (TPSA) is 44.8 Å². The van der Waals surface area contributed by atoms with Crippen LogP contribution in [0.25, 0.3) is 0 Å². The molecule has 1 aromatic carbocycles. The first-order chi connectivity index (χ1) is 7.79. The number of halogens is 2. The van der Waals surface area contributed by atoms with Crippen LogP contribution in [-0.4, -0.2) is 11.6 Å². The Morgan fingerprint density at radius 2 is 1.88 bits per heavy atom. The highest BCUT2D eigenvalue weighted by Gasteiger charge is 2.30. The molecule has 0 amide bonds. The predicted octanol–water partition coefficient (Wildman–Crippen LogP) is 3.63. The van der Waals surface area contributed by atoms with Gasteiger partial charge in [0.05, 0.1) is 5.56 Å². The van der Waals surface area contributed by atoms with Crippen LogP contribution in [0.5, 0.6) is 11.5 Å². The van der Waals surface area contributed by atoms with Gasteiger partial charge in [-0.3, -0.25) is 9.78 Å². The highest BCUT2D eigenvalue weighted by atomic mass is 35.5. The van der Waals surface area contributed by atoms with Crippen molar-refractivity contribution in [3.8, 4) is 11.5 Å². The highest BCUT2D eigenvalue weighted by Crippen LogP contribution is 2.46. The number of esters is 1. The third kappa shape index (κ3) is 2.28. The van der Waals surface area contributed by atoms with Gasteiger partial charge in [0.1, 0.15) is 15.6 Å². The van der Waals surface area contributed by atoms with Gasteiger partial charge in [0.15, 0.2) is 0 Å². The maximum absolute atomic E-state index is 11.9. The van der Waals surface area contributed by atoms with Crippen molar-refractivity contribution in [1.29, 1.82) is 0 Å². The van der Waals surface area contributed by atoms with Gasteiger partial charge in [-0.25, -0.2) is 4.79 Å². The van der Waals surface area contributed by atoms with E-state index >= 15 is 0 Å². The van der Waals surface area contributed by atoms with Crippen molar-refractivity contribution in [1.82, 2.24) is 0 Å². The smallest absolute Gasteiger partial charge is 0.340 e. The molecule has 0 fully saturated rings. The van der Waals surface area contributed by atoms with Crippen LogP contribution < -0.4 is 9.78 Å². The maximum Gasteiger partial charge on any atom is 0.340 e. The standard InChI is InChI=1S/C11H10Cl2O4/c1-11(2,3)15-10(14)5-4-6-8(13)9(7(5)12)17-16-6/h4H,1-3H3. The molecule has 1 aliphatic heterocycles. The average Bonchev–Trinajstić information content (AvgIpc) is 2.41. The fourth-order valence-electron chi connectivity index (χ4n) is 1.29. The Labute approximate surface area is 108 Å². The lowest BCUT2D eigenvalue weighted by atomic mass is 10.1. The fraction of sp³-hybridized carbons (Fsp3) is 0.364. The van der Waals surface area contributed by atoms with Gasteiger partial charge >= 0.3 is 5.97 Å². The molecule has 0 atom stereocenters. The van der Waals surface area contributed by atoms with Gasteiger partial charge in [0, 0.05) is 6.07 Å². The molecule has 92 valence electrons. The van der Waals surface area contributed by atoms with E-state index in [-0.39, 0.29) is 27.1 Å². The second-order valence-electron chi connectivity index (χ2n) is 4.55. The molecule has 0 spiro atoms. The lowest BCUT2D eigenvalue weighted by Gasteiger charge is -2.19. The molecule has 0 saturated heterocycles. The Kier molecular flexibility index (Phi) is 2.87. The van der Waals surface area contributed by atoms with Crippen LogP contribution in [0, 0.1) is 0 Å². The fourth-order valence-corrected chi connectivity index (χ4v) is 1.81. The molecule has 0 saturated carbocycles. The van der Waals surface area contributed by atoms with E-state index in [4.69, 9.17) is 37.7 Å². The third-order valence-corrected chi connectivity index (χ3v) is 2.69. The molecule has 0 unspecified atom stereocenters. The van der Waals surface area contributed by atoms with Crippen molar-refractivity contribution in [2.24, 2.45) is 0 Å². The van der Waals surface area contributed by atoms with Crippen LogP contribution in [0.4, 0.5) is 0 Å². The second kappa shape index (κ2) is 3.96. The van der Waals surface area contributed by atoms with Gasteiger partial charge in [-0.15, -0.1) is 0 Å². The molecule has 4 nitrogen and oxygen atoms in total. The van der Waals surface area contributed by atoms with Crippen molar-refractivity contribution < 1.29 is 19.3 Å². The van der Waals surface area contributed by atoms with Crippen LogP contribution in [0.2, 0.25) is 10.0 Å². The van der Waals surface area contributed by atoms with Crippen LogP contribution >= 0.6 is 23.2 Å². The van der Waals surface area contributed by atoms with Crippen molar-refractivity contribution in [3.63, 3.8) is 0 Å². The minimum absolute atomic E-state index is 0.0884. The van der Waals surface area contributed by atoms with Gasteiger partial charge in [-0.05, 0) is 20.8 Å². The van der Waals surface area contributed by atoms with Crippen LogP contribution in [0.3, 0.4) is 0 Å². The average molecular weight is 277 g/mol. The first kappa shape index (κ1) is 12.3. The number of rotatable bonds is 1. The summed E-state index contributed by atoms with van der Waals surface area (Å²) in [5.41, 5.74) is -0.427. The number of hydrogen-bond donors (Lipinski definition) is 0. The van der Waals surface area contributed by atoms with Gasteiger partial charge in [-0.1, -0.05) is 23.2 Å². The quantitative estimate of drug-likeness (QED) is 0.580.